The topological polar surface area (TPSA) is 48.2 Å². The molecule has 0 radical (unpaired) electrons. The monoisotopic (exact) mass is 897 g/mol. The van der Waals surface area contributed by atoms with E-state index >= 15 is 0 Å². The summed E-state index contributed by atoms with van der Waals surface area (Å²) in [6, 6.07) is 44.1. The summed E-state index contributed by atoms with van der Waals surface area (Å²) in [5.41, 5.74) is 11.5. The number of aryl methyl sites for hydroxylation is 5. The van der Waals surface area contributed by atoms with E-state index in [1.807, 2.05) is 61.7 Å². The van der Waals surface area contributed by atoms with Gasteiger partial charge in [-0.05, 0) is 198 Å². The number of hydrogen-bond donors (Lipinski definition) is 0. The Bertz CT molecular complexity index is 3990. The Morgan fingerprint density at radius 2 is 1.31 bits per heavy atom. The van der Waals surface area contributed by atoms with Crippen molar-refractivity contribution in [2.75, 3.05) is 0 Å². The molecule has 0 amide bonds. The van der Waals surface area contributed by atoms with Gasteiger partial charge in [-0.2, -0.15) is 0 Å². The molecule has 1 aliphatic carbocycles. The molecular weight excluding hydrogens is 829 g/mol. The smallest absolute Gasteiger partial charge is 0.145 e. The van der Waals surface area contributed by atoms with Crippen LogP contribution in [0.3, 0.4) is 0 Å². The summed E-state index contributed by atoms with van der Waals surface area (Å²) < 4.78 is 99.3. The van der Waals surface area contributed by atoms with Crippen LogP contribution in [0, 0.1) is 46.7 Å². The van der Waals surface area contributed by atoms with Crippen LogP contribution in [0.2, 0.25) is 0 Å². The lowest BCUT2D eigenvalue weighted by Crippen LogP contribution is -2.20. The van der Waals surface area contributed by atoms with Gasteiger partial charge in [-0.25, -0.2) is 0 Å². The van der Waals surface area contributed by atoms with Crippen molar-refractivity contribution in [2.45, 2.75) is 86.8 Å². The Hall–Kier alpha value is -7.30. The summed E-state index contributed by atoms with van der Waals surface area (Å²) in [7, 11) is 0. The van der Waals surface area contributed by atoms with Gasteiger partial charge in [0.15, 0.2) is 0 Å². The number of ether oxygens (including phenoxy) is 1. The summed E-state index contributed by atoms with van der Waals surface area (Å²) in [5.74, 6) is -0.341. The zero-order chi connectivity index (χ0) is 55.3. The second-order valence-electron chi connectivity index (χ2n) is 19.3. The van der Waals surface area contributed by atoms with Crippen molar-refractivity contribution >= 4 is 32.7 Å². The molecular formula is C64H58N2O2. The van der Waals surface area contributed by atoms with Crippen LogP contribution in [0.15, 0.2) is 156 Å². The zero-order valence-electron chi connectivity index (χ0n) is 49.0. The summed E-state index contributed by atoms with van der Waals surface area (Å²) in [6.07, 6.45) is 6.70. The first-order valence-corrected chi connectivity index (χ1v) is 23.4. The lowest BCUT2D eigenvalue weighted by atomic mass is 9.71. The number of pyridine rings is 2. The predicted octanol–water partition coefficient (Wildman–Crippen LogP) is 18.2. The van der Waals surface area contributed by atoms with Crippen molar-refractivity contribution in [3.63, 3.8) is 0 Å². The van der Waals surface area contributed by atoms with Crippen molar-refractivity contribution in [2.24, 2.45) is 5.41 Å². The highest BCUT2D eigenvalue weighted by atomic mass is 16.5. The quantitative estimate of drug-likeness (QED) is 0.152. The van der Waals surface area contributed by atoms with Crippen LogP contribution in [-0.4, -0.2) is 9.97 Å². The molecule has 1 saturated carbocycles. The molecule has 0 atom stereocenters. The van der Waals surface area contributed by atoms with Crippen molar-refractivity contribution in [1.82, 2.24) is 9.97 Å². The number of rotatable bonds is 8. The van der Waals surface area contributed by atoms with Crippen molar-refractivity contribution in [3.8, 4) is 67.4 Å². The van der Waals surface area contributed by atoms with E-state index in [2.05, 4.69) is 75.1 Å². The summed E-state index contributed by atoms with van der Waals surface area (Å²) >= 11 is 0. The largest absolute Gasteiger partial charge is 0.457 e. The molecule has 0 spiro atoms. The molecule has 0 saturated heterocycles. The predicted molar refractivity (Wildman–Crippen MR) is 284 cm³/mol. The van der Waals surface area contributed by atoms with Crippen LogP contribution in [-0.2, 0) is 0 Å². The number of benzene rings is 7. The molecule has 0 N–H and O–H groups in total. The lowest BCUT2D eigenvalue weighted by Gasteiger charge is -2.34. The highest BCUT2D eigenvalue weighted by Crippen LogP contribution is 2.46. The van der Waals surface area contributed by atoms with Gasteiger partial charge < -0.3 is 9.15 Å². The number of nitrogens with zero attached hydrogens (tertiary/aromatic N) is 2. The minimum Gasteiger partial charge on any atom is -0.457 e. The molecule has 1 aliphatic rings. The van der Waals surface area contributed by atoms with Gasteiger partial charge in [-0.1, -0.05) is 111 Å². The van der Waals surface area contributed by atoms with E-state index < -0.39 is 32.0 Å². The number of hydrogen-bond acceptors (Lipinski definition) is 4. The summed E-state index contributed by atoms with van der Waals surface area (Å²) in [6.45, 7) is 2.61. The van der Waals surface area contributed by atoms with E-state index in [-0.39, 0.29) is 33.7 Å². The maximum absolute atomic E-state index is 9.41. The van der Waals surface area contributed by atoms with E-state index in [9.17, 15) is 1.37 Å². The molecule has 68 heavy (non-hydrogen) atoms. The van der Waals surface area contributed by atoms with Gasteiger partial charge in [0.1, 0.15) is 22.7 Å². The van der Waals surface area contributed by atoms with Crippen LogP contribution in [0.4, 0.5) is 0 Å². The fraction of sp³-hybridized carbons (Fsp3) is 0.219. The van der Waals surface area contributed by atoms with Gasteiger partial charge in [0.25, 0.3) is 0 Å². The molecule has 0 bridgehead atoms. The zero-order valence-corrected chi connectivity index (χ0v) is 39.0. The average molecular weight is 897 g/mol. The minimum atomic E-state index is -2.80. The molecule has 0 unspecified atom stereocenters. The van der Waals surface area contributed by atoms with E-state index in [0.717, 1.165) is 92.5 Å². The van der Waals surface area contributed by atoms with Gasteiger partial charge in [-0.3, -0.25) is 9.97 Å². The Morgan fingerprint density at radius 1 is 0.544 bits per heavy atom. The van der Waals surface area contributed by atoms with Crippen LogP contribution in [0.25, 0.3) is 88.6 Å². The third kappa shape index (κ3) is 7.96. The molecule has 1 fully saturated rings. The van der Waals surface area contributed by atoms with E-state index in [0.29, 0.717) is 44.5 Å². The third-order valence-corrected chi connectivity index (χ3v) is 14.1. The Kier molecular flexibility index (Phi) is 8.35. The van der Waals surface area contributed by atoms with E-state index in [1.165, 1.54) is 12.1 Å². The van der Waals surface area contributed by atoms with Gasteiger partial charge in [0.05, 0.1) is 11.4 Å². The fourth-order valence-electron chi connectivity index (χ4n) is 10.1. The van der Waals surface area contributed by atoms with Gasteiger partial charge >= 0.3 is 0 Å². The molecule has 7 aromatic carbocycles. The molecule has 0 aliphatic heterocycles. The maximum atomic E-state index is 9.41. The number of fused-ring (bicyclic) bond motifs is 5. The molecule has 10 aromatic rings. The fourth-order valence-corrected chi connectivity index (χ4v) is 10.1. The summed E-state index contributed by atoms with van der Waals surface area (Å²) in [4.78, 5) is 9.51. The molecule has 3 heterocycles. The lowest BCUT2D eigenvalue weighted by molar-refractivity contribution is 0.224. The van der Waals surface area contributed by atoms with Crippen LogP contribution >= 0.6 is 0 Å². The minimum absolute atomic E-state index is 0.0394. The first-order valence-electron chi connectivity index (χ1n) is 28.4. The molecule has 336 valence electrons. The molecule has 11 rings (SSSR count). The molecule has 4 nitrogen and oxygen atoms in total. The van der Waals surface area contributed by atoms with E-state index in [1.54, 1.807) is 36.4 Å². The van der Waals surface area contributed by atoms with Crippen LogP contribution in [0.5, 0.6) is 11.5 Å². The SMILES string of the molecule is [2H]C([2H])([2H])c1cnc(-c2cc(Oc3cc(-c4cc(-c5ccc(-c6ccc(C7([2H])CCC(C)(C)CC7)cc6C)cc5C)c(C)cn4)c4oc5c6ccccc6ccc5c4c3)c(C([2H])([2H])[2H])c(-c3ccccc3)c2)cc1C([2H])([2H])[2H]. The van der Waals surface area contributed by atoms with E-state index in [4.69, 9.17) is 26.5 Å². The number of aromatic nitrogens is 2. The highest BCUT2D eigenvalue weighted by Gasteiger charge is 2.28. The first-order chi connectivity index (χ1) is 36.8. The molecule has 3 aromatic heterocycles. The average Bonchev–Trinajstić information content (AvgIpc) is 3.98. The standard InChI is InChI=1S/C64H58N2O2/c1-38-30-59(65-36-41(38)4)49-31-56(45-14-10-9-11-15-45)43(6)61(32-49)67-50-33-57-54-23-18-46-16-12-13-17-53(46)62(54)68-63(57)58(34-50)60-35-55(42(5)37-66-60)52-22-20-48(29-40(52)3)51-21-19-47(28-39(51)2)44-24-26-64(7,8)27-25-44/h9-23,28-37,44H,24-27H2,1-8H3/i1D3,4D3,6D3,44D. The normalized spacial score (nSPS) is 17.2. The van der Waals surface area contributed by atoms with Crippen LogP contribution in [0.1, 0.15) is 98.1 Å². The van der Waals surface area contributed by atoms with Crippen molar-refractivity contribution < 1.29 is 22.9 Å². The Balaban J connectivity index is 1.06. The second-order valence-corrected chi connectivity index (χ2v) is 19.3. The Morgan fingerprint density at radius 3 is 2.10 bits per heavy atom. The highest BCUT2D eigenvalue weighted by molar-refractivity contribution is 6.17. The van der Waals surface area contributed by atoms with Crippen molar-refractivity contribution in [3.05, 3.63) is 191 Å². The van der Waals surface area contributed by atoms with Gasteiger partial charge in [0.2, 0.25) is 0 Å². The Labute approximate surface area is 414 Å². The number of furan rings is 1. The second kappa shape index (κ2) is 17.1. The van der Waals surface area contributed by atoms with Crippen LogP contribution < -0.4 is 4.74 Å². The summed E-state index contributed by atoms with van der Waals surface area (Å²) in [5, 5.41) is 3.42. The molecule has 4 heteroatoms. The van der Waals surface area contributed by atoms with Gasteiger partial charge in [0, 0.05) is 53.4 Å². The van der Waals surface area contributed by atoms with Crippen molar-refractivity contribution in [1.29, 1.82) is 0 Å². The maximum Gasteiger partial charge on any atom is 0.145 e. The third-order valence-electron chi connectivity index (χ3n) is 14.1. The first kappa shape index (κ1) is 33.2. The van der Waals surface area contributed by atoms with Gasteiger partial charge in [-0.15, -0.1) is 0 Å².